The molecule has 2 aromatic rings. The van der Waals surface area contributed by atoms with Crippen LogP contribution in [0.1, 0.15) is 20.3 Å². The summed E-state index contributed by atoms with van der Waals surface area (Å²) in [5, 5.41) is 1.13. The van der Waals surface area contributed by atoms with Crippen molar-refractivity contribution in [2.45, 2.75) is 55.8 Å². The van der Waals surface area contributed by atoms with Gasteiger partial charge in [0.1, 0.15) is 52.3 Å². The van der Waals surface area contributed by atoms with E-state index in [0.717, 1.165) is 10.4 Å². The first-order valence-corrected chi connectivity index (χ1v) is 16.6. The Balaban J connectivity index is 2.19. The first kappa shape index (κ1) is 36.7. The van der Waals surface area contributed by atoms with Gasteiger partial charge in [-0.2, -0.15) is 0 Å². The molecule has 44 heavy (non-hydrogen) atoms. The Morgan fingerprint density at radius 2 is 0.818 bits per heavy atom. The van der Waals surface area contributed by atoms with Gasteiger partial charge < -0.3 is 52.2 Å². The lowest BCUT2D eigenvalue weighted by Crippen LogP contribution is -2.69. The largest absolute Gasteiger partial charge is 0.424 e. The van der Waals surface area contributed by atoms with Gasteiger partial charge in [0.05, 0.1) is 12.2 Å². The molecule has 1 fully saturated rings. The molecular formula is C32H50O11Si. The van der Waals surface area contributed by atoms with E-state index >= 15 is 0 Å². The van der Waals surface area contributed by atoms with Gasteiger partial charge in [-0.1, -0.05) is 74.5 Å². The summed E-state index contributed by atoms with van der Waals surface area (Å²) in [6.45, 7) is 4.12. The minimum atomic E-state index is -3.42. The van der Waals surface area contributed by atoms with E-state index < -0.39 is 49.8 Å². The number of rotatable bonds is 20. The van der Waals surface area contributed by atoms with Gasteiger partial charge in [-0.05, 0) is 21.8 Å². The minimum Gasteiger partial charge on any atom is -0.424 e. The number of ether oxygens (including phenoxy) is 10. The standard InChI is InChI=1S/C32H50O11Si/c1-32(2,44(33,24-14-10-8-11-15-24)25-16-12-9-13-17-25)18-26-27(39-19-34-3)29(41-21-36-5)31(43-23-38-7)30(42-22-37-6)28(26)40-20-35-4/h8-17,26-31,33H,18-23H2,1-7H3/t26?,27-,28-,29?,30?,31?/m0/s1. The molecule has 1 aliphatic rings. The molecule has 0 aliphatic heterocycles. The first-order valence-electron chi connectivity index (χ1n) is 14.7. The van der Waals surface area contributed by atoms with Gasteiger partial charge in [0.15, 0.2) is 0 Å². The van der Waals surface area contributed by atoms with Gasteiger partial charge in [0.25, 0.3) is 8.32 Å². The molecule has 2 aromatic carbocycles. The van der Waals surface area contributed by atoms with E-state index in [-0.39, 0.29) is 34.0 Å². The SMILES string of the molecule is COCOC1C(OCOC)[C@@H](OCOC)C(CC(C)(C)[Si](O)(c2ccccc2)c2ccccc2)[C@H](OCOC)C1OCOC. The molecule has 0 aromatic heterocycles. The van der Waals surface area contributed by atoms with Crippen LogP contribution in [0.5, 0.6) is 0 Å². The van der Waals surface area contributed by atoms with E-state index in [1.807, 2.05) is 60.7 Å². The topological polar surface area (TPSA) is 113 Å². The van der Waals surface area contributed by atoms with Crippen LogP contribution < -0.4 is 10.4 Å². The smallest absolute Gasteiger partial charge is 0.258 e. The molecule has 1 N–H and O–H groups in total. The third-order valence-electron chi connectivity index (χ3n) is 8.14. The molecule has 248 valence electrons. The van der Waals surface area contributed by atoms with Crippen molar-refractivity contribution < 1.29 is 52.2 Å². The fraction of sp³-hybridized carbons (Fsp3) is 0.625. The van der Waals surface area contributed by atoms with Crippen molar-refractivity contribution in [3.05, 3.63) is 60.7 Å². The van der Waals surface area contributed by atoms with Crippen LogP contribution in [-0.2, 0) is 47.4 Å². The molecule has 0 amide bonds. The molecule has 0 radical (unpaired) electrons. The van der Waals surface area contributed by atoms with Crippen molar-refractivity contribution in [3.8, 4) is 0 Å². The Labute approximate surface area is 262 Å². The maximum Gasteiger partial charge on any atom is 0.258 e. The Bertz CT molecular complexity index is 978. The van der Waals surface area contributed by atoms with Crippen molar-refractivity contribution in [1.82, 2.24) is 0 Å². The van der Waals surface area contributed by atoms with Crippen LogP contribution in [-0.4, -0.2) is 113 Å². The summed E-state index contributed by atoms with van der Waals surface area (Å²) < 4.78 is 58.2. The zero-order valence-corrected chi connectivity index (χ0v) is 28.0. The molecule has 4 atom stereocenters. The maximum atomic E-state index is 13.0. The lowest BCUT2D eigenvalue weighted by Gasteiger charge is -2.52. The number of benzene rings is 2. The van der Waals surface area contributed by atoms with Gasteiger partial charge in [0, 0.05) is 41.5 Å². The lowest BCUT2D eigenvalue weighted by atomic mass is 9.74. The van der Waals surface area contributed by atoms with Gasteiger partial charge in [-0.25, -0.2) is 0 Å². The molecule has 3 rings (SSSR count). The number of hydrogen-bond donors (Lipinski definition) is 1. The Hall–Kier alpha value is -1.78. The fourth-order valence-electron chi connectivity index (χ4n) is 6.25. The highest BCUT2D eigenvalue weighted by molar-refractivity contribution is 6.98. The molecule has 1 aliphatic carbocycles. The Morgan fingerprint density at radius 3 is 1.14 bits per heavy atom. The van der Waals surface area contributed by atoms with Crippen molar-refractivity contribution in [2.75, 3.05) is 69.5 Å². The quantitative estimate of drug-likeness (QED) is 0.171. The Morgan fingerprint density at radius 1 is 0.523 bits per heavy atom. The monoisotopic (exact) mass is 638 g/mol. The van der Waals surface area contributed by atoms with Crippen molar-refractivity contribution in [3.63, 3.8) is 0 Å². The van der Waals surface area contributed by atoms with Gasteiger partial charge >= 0.3 is 0 Å². The predicted molar refractivity (Wildman–Crippen MR) is 166 cm³/mol. The Kier molecular flexibility index (Phi) is 15.3. The molecule has 0 saturated heterocycles. The molecule has 0 spiro atoms. The zero-order chi connectivity index (χ0) is 32.0. The van der Waals surface area contributed by atoms with Crippen LogP contribution in [0, 0.1) is 5.92 Å². The van der Waals surface area contributed by atoms with Crippen LogP contribution in [0.2, 0.25) is 5.04 Å². The maximum absolute atomic E-state index is 13.0. The van der Waals surface area contributed by atoms with Gasteiger partial charge in [-0.3, -0.25) is 0 Å². The second-order valence-electron chi connectivity index (χ2n) is 11.4. The van der Waals surface area contributed by atoms with E-state index in [4.69, 9.17) is 47.4 Å². The van der Waals surface area contributed by atoms with E-state index in [0.29, 0.717) is 6.42 Å². The van der Waals surface area contributed by atoms with Crippen LogP contribution in [0.15, 0.2) is 60.7 Å². The molecule has 2 unspecified atom stereocenters. The summed E-state index contributed by atoms with van der Waals surface area (Å²) in [6.07, 6.45) is -2.87. The van der Waals surface area contributed by atoms with E-state index in [1.165, 1.54) is 0 Å². The predicted octanol–water partition coefficient (Wildman–Crippen LogP) is 2.48. The molecule has 11 nitrogen and oxygen atoms in total. The van der Waals surface area contributed by atoms with Gasteiger partial charge in [0.2, 0.25) is 0 Å². The van der Waals surface area contributed by atoms with E-state index in [9.17, 15) is 4.80 Å². The molecule has 0 bridgehead atoms. The average molecular weight is 639 g/mol. The third-order valence-corrected chi connectivity index (χ3v) is 12.6. The normalized spacial score (nSPS) is 24.5. The minimum absolute atomic E-state index is 0.00883. The second-order valence-corrected chi connectivity index (χ2v) is 15.3. The highest BCUT2D eigenvalue weighted by Crippen LogP contribution is 2.47. The second kappa shape index (κ2) is 18.4. The van der Waals surface area contributed by atoms with Crippen molar-refractivity contribution in [1.29, 1.82) is 0 Å². The first-order chi connectivity index (χ1) is 21.3. The van der Waals surface area contributed by atoms with Crippen LogP contribution >= 0.6 is 0 Å². The highest BCUT2D eigenvalue weighted by atomic mass is 28.4. The van der Waals surface area contributed by atoms with E-state index in [1.54, 1.807) is 35.5 Å². The summed E-state index contributed by atoms with van der Waals surface area (Å²) in [4.78, 5) is 13.0. The van der Waals surface area contributed by atoms with Crippen LogP contribution in [0.3, 0.4) is 0 Å². The van der Waals surface area contributed by atoms with Crippen LogP contribution in [0.4, 0.5) is 0 Å². The van der Waals surface area contributed by atoms with Crippen molar-refractivity contribution >= 4 is 18.7 Å². The molecule has 12 heteroatoms. The third kappa shape index (κ3) is 8.72. The van der Waals surface area contributed by atoms with E-state index in [2.05, 4.69) is 13.8 Å². The summed E-state index contributed by atoms with van der Waals surface area (Å²) in [6, 6.07) is 19.8. The number of hydrogen-bond acceptors (Lipinski definition) is 11. The molecular weight excluding hydrogens is 588 g/mol. The average Bonchev–Trinajstić information content (AvgIpc) is 3.04. The molecule has 0 heterocycles. The lowest BCUT2D eigenvalue weighted by molar-refractivity contribution is -0.305. The fourth-order valence-corrected chi connectivity index (χ4v) is 10.0. The number of methoxy groups -OCH3 is 5. The highest BCUT2D eigenvalue weighted by Gasteiger charge is 2.59. The summed E-state index contributed by atoms with van der Waals surface area (Å²) >= 11 is 0. The van der Waals surface area contributed by atoms with Crippen molar-refractivity contribution in [2.24, 2.45) is 5.92 Å². The summed E-state index contributed by atoms with van der Waals surface area (Å²) in [5.41, 5.74) is 0. The van der Waals surface area contributed by atoms with Crippen LogP contribution in [0.25, 0.3) is 0 Å². The van der Waals surface area contributed by atoms with Gasteiger partial charge in [-0.15, -0.1) is 0 Å². The summed E-state index contributed by atoms with van der Waals surface area (Å²) in [5.74, 6) is -0.396. The summed E-state index contributed by atoms with van der Waals surface area (Å²) in [7, 11) is 4.34. The zero-order valence-electron chi connectivity index (χ0n) is 27.0. The molecule has 1 saturated carbocycles.